The lowest BCUT2D eigenvalue weighted by Crippen LogP contribution is -2.16. The third-order valence-electron chi connectivity index (χ3n) is 4.52. The molecule has 0 radical (unpaired) electrons. The van der Waals surface area contributed by atoms with Crippen molar-refractivity contribution in [3.63, 3.8) is 0 Å². The number of ether oxygens (including phenoxy) is 2. The molecule has 0 aliphatic rings. The first-order chi connectivity index (χ1) is 15.1. The zero-order chi connectivity index (χ0) is 23.5. The minimum absolute atomic E-state index is 0.0618. The third-order valence-corrected chi connectivity index (χ3v) is 6.54. The summed E-state index contributed by atoms with van der Waals surface area (Å²) < 4.78 is 38.2. The number of anilines is 2. The van der Waals surface area contributed by atoms with E-state index in [0.29, 0.717) is 22.2 Å². The molecule has 0 fully saturated rings. The van der Waals surface area contributed by atoms with Crippen molar-refractivity contribution in [2.75, 3.05) is 24.3 Å². The minimum atomic E-state index is -3.84. The van der Waals surface area contributed by atoms with Gasteiger partial charge in [-0.1, -0.05) is 40.9 Å². The average molecular weight is 495 g/mol. The highest BCUT2D eigenvalue weighted by Crippen LogP contribution is 2.36. The predicted molar refractivity (Wildman–Crippen MR) is 126 cm³/mol. The molecule has 3 aromatic carbocycles. The van der Waals surface area contributed by atoms with Crippen LogP contribution in [0.3, 0.4) is 0 Å². The largest absolute Gasteiger partial charge is 0.495 e. The fourth-order valence-electron chi connectivity index (χ4n) is 2.84. The molecule has 0 atom stereocenters. The first kappa shape index (κ1) is 23.7. The summed E-state index contributed by atoms with van der Waals surface area (Å²) in [5, 5.41) is 3.14. The molecule has 3 aromatic rings. The van der Waals surface area contributed by atoms with Crippen LogP contribution in [0.5, 0.6) is 11.5 Å². The lowest BCUT2D eigenvalue weighted by Gasteiger charge is -2.14. The second-order valence-electron chi connectivity index (χ2n) is 6.75. The van der Waals surface area contributed by atoms with Crippen molar-refractivity contribution < 1.29 is 22.7 Å². The van der Waals surface area contributed by atoms with E-state index in [2.05, 4.69) is 10.0 Å². The van der Waals surface area contributed by atoms with Gasteiger partial charge in [0.15, 0.2) is 0 Å². The van der Waals surface area contributed by atoms with Crippen molar-refractivity contribution in [1.82, 2.24) is 0 Å². The number of rotatable bonds is 7. The van der Waals surface area contributed by atoms with E-state index >= 15 is 0 Å². The van der Waals surface area contributed by atoms with Crippen molar-refractivity contribution in [2.45, 2.75) is 11.8 Å². The van der Waals surface area contributed by atoms with Crippen LogP contribution in [0.2, 0.25) is 10.0 Å². The Morgan fingerprint density at radius 2 is 1.53 bits per heavy atom. The number of amides is 1. The fourth-order valence-corrected chi connectivity index (χ4v) is 4.33. The minimum Gasteiger partial charge on any atom is -0.495 e. The number of methoxy groups -OCH3 is 2. The van der Waals surface area contributed by atoms with E-state index < -0.39 is 15.9 Å². The number of nitrogens with one attached hydrogen (secondary N) is 2. The van der Waals surface area contributed by atoms with Crippen molar-refractivity contribution in [3.8, 4) is 11.5 Å². The van der Waals surface area contributed by atoms with Crippen molar-refractivity contribution in [1.29, 1.82) is 0 Å². The molecule has 0 aliphatic carbocycles. The van der Waals surface area contributed by atoms with Gasteiger partial charge in [-0.2, -0.15) is 0 Å². The normalized spacial score (nSPS) is 11.0. The van der Waals surface area contributed by atoms with E-state index in [9.17, 15) is 13.2 Å². The van der Waals surface area contributed by atoms with Gasteiger partial charge >= 0.3 is 0 Å². The first-order valence-electron chi connectivity index (χ1n) is 9.26. The van der Waals surface area contributed by atoms with E-state index in [1.165, 1.54) is 56.7 Å². The van der Waals surface area contributed by atoms with Gasteiger partial charge in [0.2, 0.25) is 0 Å². The summed E-state index contributed by atoms with van der Waals surface area (Å²) >= 11 is 12.3. The molecular formula is C22H20Cl2N2O5S. The molecule has 2 N–H and O–H groups in total. The fraction of sp³-hybridized carbons (Fsp3) is 0.136. The van der Waals surface area contributed by atoms with Crippen LogP contribution in [0.4, 0.5) is 11.4 Å². The molecule has 0 unspecified atom stereocenters. The highest BCUT2D eigenvalue weighted by molar-refractivity contribution is 7.92. The van der Waals surface area contributed by atoms with Crippen LogP contribution in [0.1, 0.15) is 15.9 Å². The molecule has 0 aliphatic heterocycles. The Hall–Kier alpha value is -2.94. The van der Waals surface area contributed by atoms with Gasteiger partial charge in [-0.3, -0.25) is 9.52 Å². The maximum absolute atomic E-state index is 12.9. The Bertz CT molecular complexity index is 1260. The highest BCUT2D eigenvalue weighted by atomic mass is 35.5. The van der Waals surface area contributed by atoms with Crippen LogP contribution in [-0.2, 0) is 10.0 Å². The summed E-state index contributed by atoms with van der Waals surface area (Å²) in [6.07, 6.45) is 0. The summed E-state index contributed by atoms with van der Waals surface area (Å²) in [7, 11) is -0.969. The second kappa shape index (κ2) is 9.68. The highest BCUT2D eigenvalue weighted by Gasteiger charge is 2.19. The monoisotopic (exact) mass is 494 g/mol. The second-order valence-corrected chi connectivity index (χ2v) is 9.25. The van der Waals surface area contributed by atoms with Crippen molar-refractivity contribution in [3.05, 3.63) is 75.8 Å². The number of aryl methyl sites for hydroxylation is 1. The van der Waals surface area contributed by atoms with Gasteiger partial charge < -0.3 is 14.8 Å². The van der Waals surface area contributed by atoms with Gasteiger partial charge in [0.1, 0.15) is 11.5 Å². The van der Waals surface area contributed by atoms with E-state index in [-0.39, 0.29) is 21.2 Å². The van der Waals surface area contributed by atoms with E-state index in [0.717, 1.165) is 5.56 Å². The van der Waals surface area contributed by atoms with Gasteiger partial charge in [-0.05, 0) is 37.3 Å². The molecule has 168 valence electrons. The number of hydrogen-bond acceptors (Lipinski definition) is 5. The van der Waals surface area contributed by atoms with Crippen molar-refractivity contribution >= 4 is 50.5 Å². The molecule has 0 spiro atoms. The number of halogens is 2. The zero-order valence-corrected chi connectivity index (χ0v) is 19.7. The molecule has 7 nitrogen and oxygen atoms in total. The quantitative estimate of drug-likeness (QED) is 0.460. The summed E-state index contributed by atoms with van der Waals surface area (Å²) in [5.74, 6) is 0.0824. The molecule has 3 rings (SSSR count). The summed E-state index contributed by atoms with van der Waals surface area (Å²) in [6, 6.07) is 13.7. The van der Waals surface area contributed by atoms with E-state index in [4.69, 9.17) is 32.7 Å². The zero-order valence-electron chi connectivity index (χ0n) is 17.4. The lowest BCUT2D eigenvalue weighted by molar-refractivity contribution is 0.102. The van der Waals surface area contributed by atoms with Crippen LogP contribution in [0.15, 0.2) is 59.5 Å². The molecular weight excluding hydrogens is 475 g/mol. The maximum Gasteiger partial charge on any atom is 0.261 e. The topological polar surface area (TPSA) is 93.7 Å². The summed E-state index contributed by atoms with van der Waals surface area (Å²) in [5.41, 5.74) is 1.48. The number of benzene rings is 3. The molecule has 0 aromatic heterocycles. The number of carbonyl (C=O) groups excluding carboxylic acids is 1. The van der Waals surface area contributed by atoms with Crippen LogP contribution in [0.25, 0.3) is 0 Å². The maximum atomic E-state index is 12.9. The average Bonchev–Trinajstić information content (AvgIpc) is 2.76. The number of sulfonamides is 1. The predicted octanol–water partition coefficient (Wildman–Crippen LogP) is 5.37. The Kier molecular flexibility index (Phi) is 7.18. The summed E-state index contributed by atoms with van der Waals surface area (Å²) in [4.78, 5) is 13.0. The number of carbonyl (C=O) groups is 1. The van der Waals surface area contributed by atoms with Crippen LogP contribution in [-0.4, -0.2) is 28.5 Å². The third kappa shape index (κ3) is 5.27. The van der Waals surface area contributed by atoms with Crippen LogP contribution >= 0.6 is 23.2 Å². The lowest BCUT2D eigenvalue weighted by atomic mass is 10.1. The molecule has 0 heterocycles. The first-order valence-corrected chi connectivity index (χ1v) is 11.5. The van der Waals surface area contributed by atoms with Crippen molar-refractivity contribution in [2.24, 2.45) is 0 Å². The smallest absolute Gasteiger partial charge is 0.261 e. The molecule has 32 heavy (non-hydrogen) atoms. The molecule has 1 amide bonds. The van der Waals surface area contributed by atoms with E-state index in [1.54, 1.807) is 12.1 Å². The Morgan fingerprint density at radius 1 is 0.875 bits per heavy atom. The van der Waals surface area contributed by atoms with Gasteiger partial charge in [0.25, 0.3) is 15.9 Å². The Morgan fingerprint density at radius 3 is 2.16 bits per heavy atom. The SMILES string of the molecule is COc1cc(NC(=O)c2cc(NS(=O)(=O)c3ccc(C)cc3)ccc2Cl)c(OC)cc1Cl. The number of hydrogen-bond donors (Lipinski definition) is 2. The van der Waals surface area contributed by atoms with E-state index in [1.807, 2.05) is 6.92 Å². The van der Waals surface area contributed by atoms with Gasteiger partial charge in [0, 0.05) is 17.8 Å². The molecule has 0 saturated carbocycles. The van der Waals surface area contributed by atoms with Crippen LogP contribution in [0, 0.1) is 6.92 Å². The standard InChI is InChI=1S/C22H20Cl2N2O5S/c1-13-4-7-15(8-5-13)32(28,29)26-14-6-9-17(23)16(10-14)22(27)25-19-12-20(30-2)18(24)11-21(19)31-3/h4-12,26H,1-3H3,(H,25,27). The molecule has 10 heteroatoms. The summed E-state index contributed by atoms with van der Waals surface area (Å²) in [6.45, 7) is 1.86. The van der Waals surface area contributed by atoms with Crippen LogP contribution < -0.4 is 19.5 Å². The Balaban J connectivity index is 1.89. The van der Waals surface area contributed by atoms with Gasteiger partial charge in [-0.15, -0.1) is 0 Å². The molecule has 0 saturated heterocycles. The van der Waals surface area contributed by atoms with Gasteiger partial charge in [0.05, 0.1) is 40.4 Å². The van der Waals surface area contributed by atoms with Gasteiger partial charge in [-0.25, -0.2) is 8.42 Å². The molecule has 0 bridgehead atoms. The Labute approximate surface area is 196 Å².